The molecular weight excluding hydrogens is 335 g/mol. The van der Waals surface area contributed by atoms with E-state index < -0.39 is 5.97 Å². The first-order valence-corrected chi connectivity index (χ1v) is 6.28. The Balaban J connectivity index is 2.28. The lowest BCUT2D eigenvalue weighted by Gasteiger charge is -2.08. The summed E-state index contributed by atoms with van der Waals surface area (Å²) in [6, 6.07) is 1.68. The molecule has 1 aromatic rings. The number of carboxylic acids is 1. The SMILES string of the molecule is Cc1c(I)cc(NC(=O)C2CC2)nc1C(=O)O. The Bertz CT molecular complexity index is 498. The lowest BCUT2D eigenvalue weighted by molar-refractivity contribution is -0.117. The van der Waals surface area contributed by atoms with Crippen LogP contribution in [-0.2, 0) is 4.79 Å². The van der Waals surface area contributed by atoms with Crippen LogP contribution in [0.3, 0.4) is 0 Å². The number of nitrogens with zero attached hydrogens (tertiary/aromatic N) is 1. The predicted octanol–water partition coefficient (Wildman–Crippen LogP) is 2.04. The Morgan fingerprint density at radius 3 is 2.71 bits per heavy atom. The van der Waals surface area contributed by atoms with Crippen LogP contribution in [0.25, 0.3) is 0 Å². The molecule has 1 amide bonds. The minimum absolute atomic E-state index is 0.0111. The molecule has 1 heterocycles. The van der Waals surface area contributed by atoms with E-state index in [4.69, 9.17) is 5.11 Å². The maximum atomic E-state index is 11.6. The summed E-state index contributed by atoms with van der Waals surface area (Å²) in [5, 5.41) is 11.6. The molecule has 0 atom stereocenters. The third kappa shape index (κ3) is 2.74. The summed E-state index contributed by atoms with van der Waals surface area (Å²) in [5.41, 5.74) is 0.602. The molecule has 1 saturated carbocycles. The zero-order valence-electron chi connectivity index (χ0n) is 9.16. The van der Waals surface area contributed by atoms with Gasteiger partial charge in [-0.25, -0.2) is 9.78 Å². The first-order valence-electron chi connectivity index (χ1n) is 5.20. The Hall–Kier alpha value is -1.18. The Morgan fingerprint density at radius 1 is 1.53 bits per heavy atom. The van der Waals surface area contributed by atoms with E-state index in [9.17, 15) is 9.59 Å². The van der Waals surface area contributed by atoms with E-state index >= 15 is 0 Å². The fraction of sp³-hybridized carbons (Fsp3) is 0.364. The first kappa shape index (κ1) is 12.3. The van der Waals surface area contributed by atoms with Crippen molar-refractivity contribution in [2.24, 2.45) is 5.92 Å². The van der Waals surface area contributed by atoms with Gasteiger partial charge in [-0.15, -0.1) is 0 Å². The normalized spacial score (nSPS) is 14.5. The number of carbonyl (C=O) groups is 2. The monoisotopic (exact) mass is 346 g/mol. The third-order valence-corrected chi connectivity index (χ3v) is 3.73. The van der Waals surface area contributed by atoms with E-state index in [2.05, 4.69) is 10.3 Å². The summed E-state index contributed by atoms with van der Waals surface area (Å²) in [6.45, 7) is 1.70. The van der Waals surface area contributed by atoms with Gasteiger partial charge in [0, 0.05) is 9.49 Å². The molecule has 0 radical (unpaired) electrons. The van der Waals surface area contributed by atoms with Crippen LogP contribution in [0.5, 0.6) is 0 Å². The standard InChI is InChI=1S/C11H11IN2O3/c1-5-7(12)4-8(13-9(5)11(16)17)14-10(15)6-2-3-6/h4,6H,2-3H2,1H3,(H,16,17)(H,13,14,15). The van der Waals surface area contributed by atoms with E-state index in [1.54, 1.807) is 13.0 Å². The molecule has 1 aliphatic rings. The second kappa shape index (κ2) is 4.59. The highest BCUT2D eigenvalue weighted by atomic mass is 127. The Morgan fingerprint density at radius 2 is 2.18 bits per heavy atom. The van der Waals surface area contributed by atoms with Gasteiger partial charge in [-0.2, -0.15) is 0 Å². The van der Waals surface area contributed by atoms with Gasteiger partial charge in [0.2, 0.25) is 5.91 Å². The molecule has 1 fully saturated rings. The molecule has 5 nitrogen and oxygen atoms in total. The van der Waals surface area contributed by atoms with E-state index in [0.717, 1.165) is 16.4 Å². The van der Waals surface area contributed by atoms with Crippen molar-refractivity contribution in [2.75, 3.05) is 5.32 Å². The molecule has 1 aliphatic carbocycles. The predicted molar refractivity (Wildman–Crippen MR) is 70.0 cm³/mol. The maximum Gasteiger partial charge on any atom is 0.354 e. The number of halogens is 1. The number of hydrogen-bond donors (Lipinski definition) is 2. The number of pyridine rings is 1. The fourth-order valence-electron chi connectivity index (χ4n) is 1.42. The van der Waals surface area contributed by atoms with Crippen LogP contribution in [-0.4, -0.2) is 22.0 Å². The minimum atomic E-state index is -1.08. The molecule has 0 aromatic carbocycles. The number of aromatic nitrogens is 1. The summed E-state index contributed by atoms with van der Waals surface area (Å²) in [5.74, 6) is -0.769. The second-order valence-corrected chi connectivity index (χ2v) is 5.19. The van der Waals surface area contributed by atoms with Crippen molar-refractivity contribution in [1.29, 1.82) is 0 Å². The molecule has 2 rings (SSSR count). The van der Waals surface area contributed by atoms with E-state index in [1.807, 2.05) is 22.6 Å². The smallest absolute Gasteiger partial charge is 0.354 e. The minimum Gasteiger partial charge on any atom is -0.477 e. The number of amides is 1. The summed E-state index contributed by atoms with van der Waals surface area (Å²) in [6.07, 6.45) is 1.81. The molecule has 2 N–H and O–H groups in total. The quantitative estimate of drug-likeness (QED) is 0.821. The largest absolute Gasteiger partial charge is 0.477 e. The number of rotatable bonds is 3. The van der Waals surface area contributed by atoms with Crippen molar-refractivity contribution in [3.05, 3.63) is 20.9 Å². The van der Waals surface area contributed by atoms with E-state index in [-0.39, 0.29) is 17.5 Å². The molecule has 0 bridgehead atoms. The highest BCUT2D eigenvalue weighted by Gasteiger charge is 2.30. The summed E-state index contributed by atoms with van der Waals surface area (Å²) in [4.78, 5) is 26.5. The van der Waals surface area contributed by atoms with Gasteiger partial charge in [0.15, 0.2) is 5.69 Å². The summed E-state index contributed by atoms with van der Waals surface area (Å²) >= 11 is 2.03. The molecule has 90 valence electrons. The number of aromatic carboxylic acids is 1. The maximum absolute atomic E-state index is 11.6. The molecule has 6 heteroatoms. The lowest BCUT2D eigenvalue weighted by atomic mass is 10.2. The zero-order valence-corrected chi connectivity index (χ0v) is 11.3. The number of hydrogen-bond acceptors (Lipinski definition) is 3. The van der Waals surface area contributed by atoms with Crippen LogP contribution in [0, 0.1) is 16.4 Å². The van der Waals surface area contributed by atoms with Crippen LogP contribution in [0.1, 0.15) is 28.9 Å². The van der Waals surface area contributed by atoms with Gasteiger partial charge in [-0.3, -0.25) is 4.79 Å². The van der Waals surface area contributed by atoms with Gasteiger partial charge in [-0.1, -0.05) is 0 Å². The molecule has 0 aliphatic heterocycles. The van der Waals surface area contributed by atoms with E-state index in [0.29, 0.717) is 11.4 Å². The van der Waals surface area contributed by atoms with Crippen LogP contribution < -0.4 is 5.32 Å². The number of carboxylic acid groups (broad SMARTS) is 1. The van der Waals surface area contributed by atoms with Gasteiger partial charge in [0.1, 0.15) is 5.82 Å². The van der Waals surface area contributed by atoms with Crippen molar-refractivity contribution in [3.63, 3.8) is 0 Å². The topological polar surface area (TPSA) is 79.3 Å². The Labute approximate surface area is 112 Å². The average molecular weight is 346 g/mol. The van der Waals surface area contributed by atoms with Crippen LogP contribution in [0.15, 0.2) is 6.07 Å². The molecule has 0 spiro atoms. The Kier molecular flexibility index (Phi) is 3.32. The van der Waals surface area contributed by atoms with Gasteiger partial charge in [0.25, 0.3) is 0 Å². The molecule has 17 heavy (non-hydrogen) atoms. The summed E-state index contributed by atoms with van der Waals surface area (Å²) in [7, 11) is 0. The summed E-state index contributed by atoms with van der Waals surface area (Å²) < 4.78 is 0.779. The van der Waals surface area contributed by atoms with Crippen LogP contribution in [0.2, 0.25) is 0 Å². The van der Waals surface area contributed by atoms with Gasteiger partial charge >= 0.3 is 5.97 Å². The molecular formula is C11H11IN2O3. The van der Waals surface area contributed by atoms with Crippen molar-refractivity contribution >= 4 is 40.3 Å². The molecule has 0 unspecified atom stereocenters. The molecule has 1 aromatic heterocycles. The second-order valence-electron chi connectivity index (χ2n) is 4.03. The van der Waals surface area contributed by atoms with E-state index in [1.165, 1.54) is 0 Å². The van der Waals surface area contributed by atoms with Crippen LogP contribution in [0.4, 0.5) is 5.82 Å². The number of nitrogens with one attached hydrogen (secondary N) is 1. The van der Waals surface area contributed by atoms with Crippen LogP contribution >= 0.6 is 22.6 Å². The number of anilines is 1. The zero-order chi connectivity index (χ0) is 12.6. The van der Waals surface area contributed by atoms with Crippen molar-refractivity contribution in [1.82, 2.24) is 4.98 Å². The van der Waals surface area contributed by atoms with Crippen molar-refractivity contribution in [2.45, 2.75) is 19.8 Å². The van der Waals surface area contributed by atoms with Gasteiger partial charge in [0.05, 0.1) is 0 Å². The fourth-order valence-corrected chi connectivity index (χ4v) is 1.97. The highest BCUT2D eigenvalue weighted by molar-refractivity contribution is 14.1. The van der Waals surface area contributed by atoms with Crippen molar-refractivity contribution in [3.8, 4) is 0 Å². The van der Waals surface area contributed by atoms with Gasteiger partial charge in [-0.05, 0) is 54.0 Å². The number of carbonyl (C=O) groups excluding carboxylic acids is 1. The van der Waals surface area contributed by atoms with Gasteiger partial charge < -0.3 is 10.4 Å². The molecule has 0 saturated heterocycles. The van der Waals surface area contributed by atoms with Crippen molar-refractivity contribution < 1.29 is 14.7 Å². The average Bonchev–Trinajstić information content (AvgIpc) is 3.06. The highest BCUT2D eigenvalue weighted by Crippen LogP contribution is 2.30. The third-order valence-electron chi connectivity index (χ3n) is 2.61. The first-order chi connectivity index (χ1) is 7.99. The lowest BCUT2D eigenvalue weighted by Crippen LogP contribution is -2.16.